The minimum Gasteiger partial charge on any atom is -0.357 e. The molecule has 4 heteroatoms. The lowest BCUT2D eigenvalue weighted by Crippen LogP contribution is -2.34. The fraction of sp³-hybridized carbons (Fsp3) is 0.267. The zero-order valence-electron chi connectivity index (χ0n) is 11.0. The zero-order valence-corrected chi connectivity index (χ0v) is 11.8. The van der Waals surface area contributed by atoms with Crippen LogP contribution in [0, 0.1) is 6.92 Å². The van der Waals surface area contributed by atoms with E-state index < -0.39 is 0 Å². The summed E-state index contributed by atoms with van der Waals surface area (Å²) in [5.74, 6) is -0.0814. The van der Waals surface area contributed by atoms with Gasteiger partial charge < -0.3 is 10.3 Å². The highest BCUT2D eigenvalue weighted by Crippen LogP contribution is 2.16. The van der Waals surface area contributed by atoms with E-state index in [1.54, 1.807) is 6.20 Å². The van der Waals surface area contributed by atoms with Crippen LogP contribution in [-0.4, -0.2) is 16.9 Å². The molecule has 1 amide bonds. The lowest BCUT2D eigenvalue weighted by atomic mass is 10.1. The number of H-pyrrole nitrogens is 1. The molecule has 0 aliphatic carbocycles. The summed E-state index contributed by atoms with van der Waals surface area (Å²) in [6.07, 6.45) is 2.48. The molecule has 3 nitrogen and oxygen atoms in total. The van der Waals surface area contributed by atoms with Crippen LogP contribution in [0.1, 0.15) is 28.5 Å². The number of aromatic nitrogens is 1. The van der Waals surface area contributed by atoms with E-state index in [1.807, 2.05) is 44.2 Å². The lowest BCUT2D eigenvalue weighted by Gasteiger charge is -2.14. The van der Waals surface area contributed by atoms with Crippen molar-refractivity contribution >= 4 is 17.5 Å². The quantitative estimate of drug-likeness (QED) is 0.884. The third-order valence-corrected chi connectivity index (χ3v) is 3.41. The topological polar surface area (TPSA) is 44.9 Å². The Morgan fingerprint density at radius 2 is 2.11 bits per heavy atom. The van der Waals surface area contributed by atoms with Gasteiger partial charge in [0.15, 0.2) is 0 Å². The predicted molar refractivity (Wildman–Crippen MR) is 77.6 cm³/mol. The second kappa shape index (κ2) is 5.93. The van der Waals surface area contributed by atoms with Gasteiger partial charge in [-0.1, -0.05) is 29.8 Å². The van der Waals surface area contributed by atoms with Crippen LogP contribution in [-0.2, 0) is 6.42 Å². The second-order valence-corrected chi connectivity index (χ2v) is 5.11. The van der Waals surface area contributed by atoms with E-state index in [-0.39, 0.29) is 11.9 Å². The first-order valence-electron chi connectivity index (χ1n) is 6.26. The van der Waals surface area contributed by atoms with Crippen LogP contribution in [0.2, 0.25) is 5.02 Å². The van der Waals surface area contributed by atoms with E-state index in [9.17, 15) is 4.79 Å². The van der Waals surface area contributed by atoms with Crippen molar-refractivity contribution in [1.82, 2.24) is 10.3 Å². The molecule has 0 fully saturated rings. The average molecular weight is 277 g/mol. The predicted octanol–water partition coefficient (Wildman–Crippen LogP) is 3.34. The van der Waals surface area contributed by atoms with Crippen LogP contribution >= 0.6 is 11.6 Å². The van der Waals surface area contributed by atoms with Crippen LogP contribution in [0.4, 0.5) is 0 Å². The number of hydrogen-bond acceptors (Lipinski definition) is 1. The number of benzene rings is 1. The third-order valence-electron chi connectivity index (χ3n) is 3.04. The molecule has 1 heterocycles. The molecule has 19 heavy (non-hydrogen) atoms. The summed E-state index contributed by atoms with van der Waals surface area (Å²) in [5, 5.41) is 3.71. The Morgan fingerprint density at radius 3 is 2.74 bits per heavy atom. The van der Waals surface area contributed by atoms with Crippen LogP contribution in [0.15, 0.2) is 36.5 Å². The van der Waals surface area contributed by atoms with E-state index in [1.165, 1.54) is 0 Å². The monoisotopic (exact) mass is 276 g/mol. The maximum absolute atomic E-state index is 12.0. The van der Waals surface area contributed by atoms with E-state index >= 15 is 0 Å². The van der Waals surface area contributed by atoms with Crippen molar-refractivity contribution in [3.05, 3.63) is 58.4 Å². The number of hydrogen-bond donors (Lipinski definition) is 2. The molecular formula is C15H17ClN2O. The van der Waals surface area contributed by atoms with Crippen LogP contribution in [0.5, 0.6) is 0 Å². The zero-order chi connectivity index (χ0) is 13.8. The number of rotatable bonds is 4. The van der Waals surface area contributed by atoms with Gasteiger partial charge in [0.25, 0.3) is 5.91 Å². The highest BCUT2D eigenvalue weighted by atomic mass is 35.5. The number of aromatic amines is 1. The minimum atomic E-state index is -0.0814. The van der Waals surface area contributed by atoms with Gasteiger partial charge in [-0.2, -0.15) is 0 Å². The molecule has 2 rings (SSSR count). The van der Waals surface area contributed by atoms with Crippen molar-refractivity contribution in [3.8, 4) is 0 Å². The van der Waals surface area contributed by atoms with Gasteiger partial charge in [-0.05, 0) is 43.5 Å². The van der Waals surface area contributed by atoms with Crippen molar-refractivity contribution in [2.75, 3.05) is 0 Å². The van der Waals surface area contributed by atoms with Crippen molar-refractivity contribution < 1.29 is 4.79 Å². The number of amides is 1. The third kappa shape index (κ3) is 3.38. The molecule has 1 aromatic heterocycles. The Balaban J connectivity index is 1.99. The Kier molecular flexibility index (Phi) is 4.27. The summed E-state index contributed by atoms with van der Waals surface area (Å²) < 4.78 is 0. The fourth-order valence-electron chi connectivity index (χ4n) is 2.03. The molecule has 0 saturated carbocycles. The number of carbonyl (C=O) groups is 1. The van der Waals surface area contributed by atoms with Crippen molar-refractivity contribution in [2.45, 2.75) is 26.3 Å². The van der Waals surface area contributed by atoms with E-state index in [2.05, 4.69) is 10.3 Å². The van der Waals surface area contributed by atoms with Crippen LogP contribution in [0.3, 0.4) is 0 Å². The van der Waals surface area contributed by atoms with Gasteiger partial charge in [-0.3, -0.25) is 4.79 Å². The van der Waals surface area contributed by atoms with E-state index in [0.717, 1.165) is 16.1 Å². The molecule has 0 aliphatic heterocycles. The number of halogens is 1. The summed E-state index contributed by atoms with van der Waals surface area (Å²) in [6.45, 7) is 3.88. The van der Waals surface area contributed by atoms with Crippen molar-refractivity contribution in [1.29, 1.82) is 0 Å². The summed E-state index contributed by atoms with van der Waals surface area (Å²) in [4.78, 5) is 15.0. The molecule has 100 valence electrons. The fourth-order valence-corrected chi connectivity index (χ4v) is 2.25. The number of carbonyl (C=O) groups excluding carboxylic acids is 1. The Morgan fingerprint density at radius 1 is 1.37 bits per heavy atom. The summed E-state index contributed by atoms with van der Waals surface area (Å²) in [7, 11) is 0. The van der Waals surface area contributed by atoms with Crippen LogP contribution in [0.25, 0.3) is 0 Å². The first-order valence-corrected chi connectivity index (χ1v) is 6.64. The molecule has 0 saturated heterocycles. The molecule has 0 bridgehead atoms. The summed E-state index contributed by atoms with van der Waals surface area (Å²) >= 11 is 6.11. The maximum Gasteiger partial charge on any atom is 0.268 e. The highest BCUT2D eigenvalue weighted by Gasteiger charge is 2.13. The van der Waals surface area contributed by atoms with Gasteiger partial charge in [0, 0.05) is 17.3 Å². The molecular weight excluding hydrogens is 260 g/mol. The SMILES string of the molecule is Cc1cc[nH]c1C(=O)NC(C)Cc1ccccc1Cl. The molecule has 0 aliphatic rings. The van der Waals surface area contributed by atoms with E-state index in [4.69, 9.17) is 11.6 Å². The molecule has 1 aromatic carbocycles. The standard InChI is InChI=1S/C15H17ClN2O/c1-10-7-8-17-14(10)15(19)18-11(2)9-12-5-3-4-6-13(12)16/h3-8,11,17H,9H2,1-2H3,(H,18,19). The van der Waals surface area contributed by atoms with Gasteiger partial charge >= 0.3 is 0 Å². The van der Waals surface area contributed by atoms with Gasteiger partial charge in [-0.25, -0.2) is 0 Å². The first kappa shape index (κ1) is 13.7. The Hall–Kier alpha value is -1.74. The van der Waals surface area contributed by atoms with Gasteiger partial charge in [0.1, 0.15) is 5.69 Å². The average Bonchev–Trinajstić information content (AvgIpc) is 2.78. The van der Waals surface area contributed by atoms with Crippen molar-refractivity contribution in [3.63, 3.8) is 0 Å². The molecule has 2 N–H and O–H groups in total. The molecule has 1 unspecified atom stereocenters. The summed E-state index contributed by atoms with van der Waals surface area (Å²) in [6, 6.07) is 9.59. The van der Waals surface area contributed by atoms with Gasteiger partial charge in [0.05, 0.1) is 0 Å². The van der Waals surface area contributed by atoms with Gasteiger partial charge in [-0.15, -0.1) is 0 Å². The Bertz CT molecular complexity index is 577. The summed E-state index contributed by atoms with van der Waals surface area (Å²) in [5.41, 5.74) is 2.61. The second-order valence-electron chi connectivity index (χ2n) is 4.71. The Labute approximate surface area is 118 Å². The molecule has 1 atom stereocenters. The molecule has 0 spiro atoms. The molecule has 0 radical (unpaired) electrons. The lowest BCUT2D eigenvalue weighted by molar-refractivity contribution is 0.0935. The normalized spacial score (nSPS) is 12.2. The number of nitrogens with one attached hydrogen (secondary N) is 2. The van der Waals surface area contributed by atoms with Crippen LogP contribution < -0.4 is 5.32 Å². The molecule has 2 aromatic rings. The first-order chi connectivity index (χ1) is 9.08. The van der Waals surface area contributed by atoms with E-state index in [0.29, 0.717) is 12.1 Å². The van der Waals surface area contributed by atoms with Crippen molar-refractivity contribution in [2.24, 2.45) is 0 Å². The largest absolute Gasteiger partial charge is 0.357 e. The van der Waals surface area contributed by atoms with Gasteiger partial charge in [0.2, 0.25) is 0 Å². The highest BCUT2D eigenvalue weighted by molar-refractivity contribution is 6.31. The minimum absolute atomic E-state index is 0.0232. The smallest absolute Gasteiger partial charge is 0.268 e. The number of aryl methyl sites for hydroxylation is 1. The maximum atomic E-state index is 12.0.